The van der Waals surface area contributed by atoms with Gasteiger partial charge in [-0.05, 0) is 61.4 Å². The highest BCUT2D eigenvalue weighted by Gasteiger charge is 2.13. The van der Waals surface area contributed by atoms with Gasteiger partial charge in [0.05, 0.1) is 20.4 Å². The van der Waals surface area contributed by atoms with E-state index in [9.17, 15) is 14.4 Å². The maximum Gasteiger partial charge on any atom is 0.329 e. The van der Waals surface area contributed by atoms with Crippen LogP contribution in [0.4, 0.5) is 11.4 Å². The van der Waals surface area contributed by atoms with Crippen LogP contribution in [0, 0.1) is 13.8 Å². The van der Waals surface area contributed by atoms with E-state index in [0.717, 1.165) is 16.8 Å². The number of carbonyl (C=O) groups is 3. The van der Waals surface area contributed by atoms with Gasteiger partial charge in [0, 0.05) is 17.4 Å². The minimum Gasteiger partial charge on any atom is -0.497 e. The highest BCUT2D eigenvalue weighted by Crippen LogP contribution is 2.27. The summed E-state index contributed by atoms with van der Waals surface area (Å²) in [6, 6.07) is 17.2. The maximum absolute atomic E-state index is 12.3. The first kappa shape index (κ1) is 26.7. The molecule has 3 N–H and O–H groups in total. The van der Waals surface area contributed by atoms with E-state index >= 15 is 0 Å². The van der Waals surface area contributed by atoms with Gasteiger partial charge in [-0.3, -0.25) is 14.4 Å². The van der Waals surface area contributed by atoms with Crippen molar-refractivity contribution < 1.29 is 28.6 Å². The lowest BCUT2D eigenvalue weighted by Crippen LogP contribution is -2.32. The lowest BCUT2D eigenvalue weighted by Gasteiger charge is -2.12. The molecule has 0 radical (unpaired) electrons. The number of anilines is 2. The molecule has 0 bridgehead atoms. The predicted molar refractivity (Wildman–Crippen MR) is 140 cm³/mol. The van der Waals surface area contributed by atoms with Crippen molar-refractivity contribution in [1.29, 1.82) is 0 Å². The molecule has 0 atom stereocenters. The molecule has 0 unspecified atom stereocenters. The van der Waals surface area contributed by atoms with E-state index in [1.54, 1.807) is 42.5 Å². The predicted octanol–water partition coefficient (Wildman–Crippen LogP) is 3.43. The molecule has 3 aromatic carbocycles. The SMILES string of the molecule is COc1cccc(NC(=O)C(=O)N/N=C\c2ccc(OCC(=O)Nc3ccc(C)cc3C)c(OC)c2)c1. The van der Waals surface area contributed by atoms with Crippen molar-refractivity contribution in [2.75, 3.05) is 31.5 Å². The van der Waals surface area contributed by atoms with E-state index in [-0.39, 0.29) is 12.5 Å². The van der Waals surface area contributed by atoms with Gasteiger partial charge in [0.15, 0.2) is 18.1 Å². The zero-order chi connectivity index (χ0) is 26.8. The van der Waals surface area contributed by atoms with Crippen LogP contribution in [0.5, 0.6) is 17.2 Å². The van der Waals surface area contributed by atoms with Gasteiger partial charge in [0.2, 0.25) is 0 Å². The van der Waals surface area contributed by atoms with Crippen LogP contribution in [0.15, 0.2) is 65.8 Å². The van der Waals surface area contributed by atoms with Crippen molar-refractivity contribution in [3.8, 4) is 17.2 Å². The molecule has 0 aliphatic heterocycles. The lowest BCUT2D eigenvalue weighted by atomic mass is 10.1. The van der Waals surface area contributed by atoms with Gasteiger partial charge in [-0.25, -0.2) is 5.43 Å². The van der Waals surface area contributed by atoms with Crippen LogP contribution in [0.1, 0.15) is 16.7 Å². The van der Waals surface area contributed by atoms with Crippen LogP contribution < -0.4 is 30.3 Å². The van der Waals surface area contributed by atoms with E-state index in [1.165, 1.54) is 20.4 Å². The highest BCUT2D eigenvalue weighted by atomic mass is 16.5. The fraction of sp³-hybridized carbons (Fsp3) is 0.185. The number of hydrogen-bond donors (Lipinski definition) is 3. The fourth-order valence-electron chi connectivity index (χ4n) is 3.27. The van der Waals surface area contributed by atoms with E-state index in [4.69, 9.17) is 14.2 Å². The molecule has 0 fully saturated rings. The average Bonchev–Trinajstić information content (AvgIpc) is 2.89. The first-order valence-corrected chi connectivity index (χ1v) is 11.3. The van der Waals surface area contributed by atoms with Crippen LogP contribution in [0.2, 0.25) is 0 Å². The van der Waals surface area contributed by atoms with Crippen molar-refractivity contribution in [2.24, 2.45) is 5.10 Å². The lowest BCUT2D eigenvalue weighted by molar-refractivity contribution is -0.136. The zero-order valence-electron chi connectivity index (χ0n) is 21.0. The number of benzene rings is 3. The molecule has 3 aromatic rings. The molecule has 0 heterocycles. The Balaban J connectivity index is 1.53. The third kappa shape index (κ3) is 7.82. The summed E-state index contributed by atoms with van der Waals surface area (Å²) in [6.07, 6.45) is 1.34. The summed E-state index contributed by atoms with van der Waals surface area (Å²) in [4.78, 5) is 36.4. The normalized spacial score (nSPS) is 10.5. The number of carbonyl (C=O) groups excluding carboxylic acids is 3. The van der Waals surface area contributed by atoms with Crippen molar-refractivity contribution in [3.05, 3.63) is 77.4 Å². The van der Waals surface area contributed by atoms with Crippen molar-refractivity contribution in [1.82, 2.24) is 5.43 Å². The molecule has 3 rings (SSSR count). The first-order chi connectivity index (χ1) is 17.8. The van der Waals surface area contributed by atoms with Crippen molar-refractivity contribution in [3.63, 3.8) is 0 Å². The van der Waals surface area contributed by atoms with Gasteiger partial charge in [-0.1, -0.05) is 23.8 Å². The summed E-state index contributed by atoms with van der Waals surface area (Å²) in [7, 11) is 2.96. The number of nitrogens with one attached hydrogen (secondary N) is 3. The summed E-state index contributed by atoms with van der Waals surface area (Å²) in [5.74, 6) is -0.872. The molecule has 192 valence electrons. The third-order valence-electron chi connectivity index (χ3n) is 5.12. The maximum atomic E-state index is 12.3. The first-order valence-electron chi connectivity index (χ1n) is 11.3. The monoisotopic (exact) mass is 504 g/mol. The van der Waals surface area contributed by atoms with Crippen LogP contribution in [-0.4, -0.2) is 44.8 Å². The Morgan fingerprint density at radius 2 is 1.68 bits per heavy atom. The molecule has 0 aliphatic rings. The second-order valence-electron chi connectivity index (χ2n) is 7.95. The average molecular weight is 505 g/mol. The van der Waals surface area contributed by atoms with Gasteiger partial charge in [-0.2, -0.15) is 5.10 Å². The van der Waals surface area contributed by atoms with Gasteiger partial charge in [-0.15, -0.1) is 0 Å². The number of amides is 3. The summed E-state index contributed by atoms with van der Waals surface area (Å²) in [5.41, 5.74) is 5.93. The van der Waals surface area contributed by atoms with Crippen molar-refractivity contribution in [2.45, 2.75) is 13.8 Å². The standard InChI is InChI=1S/C27H28N4O6/c1-17-8-10-22(18(2)12-17)30-25(32)16-37-23-11-9-19(13-24(23)36-4)15-28-31-27(34)26(33)29-20-6-5-7-21(14-20)35-3/h5-15H,16H2,1-4H3,(H,29,33)(H,30,32)(H,31,34)/b28-15-. The summed E-state index contributed by atoms with van der Waals surface area (Å²) >= 11 is 0. The number of ether oxygens (including phenoxy) is 3. The molecular formula is C27H28N4O6. The largest absolute Gasteiger partial charge is 0.497 e. The number of methoxy groups -OCH3 is 2. The van der Waals surface area contributed by atoms with Gasteiger partial charge < -0.3 is 24.8 Å². The molecule has 37 heavy (non-hydrogen) atoms. The van der Waals surface area contributed by atoms with Crippen LogP contribution >= 0.6 is 0 Å². The number of hydrogen-bond acceptors (Lipinski definition) is 7. The van der Waals surface area contributed by atoms with Gasteiger partial charge >= 0.3 is 11.8 Å². The fourth-order valence-corrected chi connectivity index (χ4v) is 3.27. The van der Waals surface area contributed by atoms with Gasteiger partial charge in [0.25, 0.3) is 5.91 Å². The van der Waals surface area contributed by atoms with E-state index in [0.29, 0.717) is 28.5 Å². The Morgan fingerprint density at radius 3 is 2.41 bits per heavy atom. The Labute approximate surface area is 214 Å². The third-order valence-corrected chi connectivity index (χ3v) is 5.12. The minimum atomic E-state index is -0.944. The molecule has 0 spiro atoms. The highest BCUT2D eigenvalue weighted by molar-refractivity contribution is 6.39. The molecular weight excluding hydrogens is 476 g/mol. The number of hydrazone groups is 1. The quantitative estimate of drug-likeness (QED) is 0.233. The molecule has 0 saturated heterocycles. The second kappa shape index (κ2) is 12.7. The second-order valence-corrected chi connectivity index (χ2v) is 7.95. The Bertz CT molecular complexity index is 1320. The van der Waals surface area contributed by atoms with Crippen LogP contribution in [0.25, 0.3) is 0 Å². The number of aryl methyl sites for hydroxylation is 2. The molecule has 0 aliphatic carbocycles. The summed E-state index contributed by atoms with van der Waals surface area (Å²) in [6.45, 7) is 3.69. The van der Waals surface area contributed by atoms with Crippen LogP contribution in [0.3, 0.4) is 0 Å². The number of nitrogens with zero attached hydrogens (tertiary/aromatic N) is 1. The van der Waals surface area contributed by atoms with E-state index in [2.05, 4.69) is 21.2 Å². The van der Waals surface area contributed by atoms with E-state index in [1.807, 2.05) is 32.0 Å². The topological polar surface area (TPSA) is 127 Å². The van der Waals surface area contributed by atoms with Gasteiger partial charge in [0.1, 0.15) is 5.75 Å². The molecule has 0 aromatic heterocycles. The summed E-state index contributed by atoms with van der Waals surface area (Å²) in [5, 5.41) is 9.09. The summed E-state index contributed by atoms with van der Waals surface area (Å²) < 4.78 is 16.0. The van der Waals surface area contributed by atoms with E-state index < -0.39 is 11.8 Å². The zero-order valence-corrected chi connectivity index (χ0v) is 21.0. The molecule has 0 saturated carbocycles. The van der Waals surface area contributed by atoms with Crippen LogP contribution in [-0.2, 0) is 14.4 Å². The molecule has 10 heteroatoms. The Hall–Kier alpha value is -4.86. The Morgan fingerprint density at radius 1 is 0.865 bits per heavy atom. The van der Waals surface area contributed by atoms with Crippen molar-refractivity contribution >= 4 is 35.3 Å². The smallest absolute Gasteiger partial charge is 0.329 e. The minimum absolute atomic E-state index is 0.213. The Kier molecular flexibility index (Phi) is 9.20. The molecule has 3 amide bonds. The molecule has 10 nitrogen and oxygen atoms in total. The number of rotatable bonds is 9.